The lowest BCUT2D eigenvalue weighted by molar-refractivity contribution is 0.122. The maximum atomic E-state index is 5.49. The van der Waals surface area contributed by atoms with Crippen LogP contribution in [0, 0.1) is 5.92 Å². The van der Waals surface area contributed by atoms with Gasteiger partial charge in [0.15, 0.2) is 11.6 Å². The quantitative estimate of drug-likeness (QED) is 0.944. The summed E-state index contributed by atoms with van der Waals surface area (Å²) in [5, 5.41) is 3.67. The summed E-state index contributed by atoms with van der Waals surface area (Å²) in [5.74, 6) is 2.71. The van der Waals surface area contributed by atoms with Crippen molar-refractivity contribution in [1.82, 2.24) is 9.97 Å². The first kappa shape index (κ1) is 14.7. The highest BCUT2D eigenvalue weighted by atomic mass is 16.5. The lowest BCUT2D eigenvalue weighted by atomic mass is 10.1. The first-order chi connectivity index (χ1) is 11.3. The van der Waals surface area contributed by atoms with Gasteiger partial charge < -0.3 is 15.0 Å². The molecule has 1 aromatic carbocycles. The predicted octanol–water partition coefficient (Wildman–Crippen LogP) is 3.07. The number of anilines is 2. The Labute approximate surface area is 137 Å². The van der Waals surface area contributed by atoms with Crippen LogP contribution in [0.4, 0.5) is 11.6 Å². The van der Waals surface area contributed by atoms with Gasteiger partial charge in [-0.2, -0.15) is 0 Å². The highest BCUT2D eigenvalue weighted by Crippen LogP contribution is 2.31. The Hall–Kier alpha value is -1.88. The minimum absolute atomic E-state index is 0.514. The van der Waals surface area contributed by atoms with Crippen LogP contribution in [0.25, 0.3) is 11.0 Å². The van der Waals surface area contributed by atoms with E-state index in [9.17, 15) is 0 Å². The van der Waals surface area contributed by atoms with Gasteiger partial charge in [0.2, 0.25) is 0 Å². The largest absolute Gasteiger partial charge is 0.378 e. The van der Waals surface area contributed by atoms with Gasteiger partial charge in [-0.3, -0.25) is 0 Å². The molecule has 23 heavy (non-hydrogen) atoms. The van der Waals surface area contributed by atoms with Crippen LogP contribution >= 0.6 is 0 Å². The molecule has 1 aliphatic heterocycles. The number of ether oxygens (including phenoxy) is 1. The molecule has 5 heteroatoms. The monoisotopic (exact) mass is 312 g/mol. The molecule has 5 nitrogen and oxygen atoms in total. The molecular formula is C18H24N4O. The first-order valence-corrected chi connectivity index (χ1v) is 8.65. The van der Waals surface area contributed by atoms with Gasteiger partial charge in [-0.1, -0.05) is 19.1 Å². The second-order valence-corrected chi connectivity index (χ2v) is 6.74. The predicted molar refractivity (Wildman–Crippen MR) is 93.0 cm³/mol. The number of nitrogens with zero attached hydrogens (tertiary/aromatic N) is 3. The lowest BCUT2D eigenvalue weighted by Gasteiger charge is -2.30. The van der Waals surface area contributed by atoms with Crippen LogP contribution in [-0.2, 0) is 4.74 Å². The van der Waals surface area contributed by atoms with Gasteiger partial charge in [0.25, 0.3) is 0 Å². The van der Waals surface area contributed by atoms with Crippen molar-refractivity contribution in [3.05, 3.63) is 24.3 Å². The number of aromatic nitrogens is 2. The molecule has 1 N–H and O–H groups in total. The number of nitrogens with one attached hydrogen (secondary N) is 1. The normalized spacial score (nSPS) is 25.0. The van der Waals surface area contributed by atoms with Crippen molar-refractivity contribution >= 4 is 22.7 Å². The van der Waals surface area contributed by atoms with Gasteiger partial charge in [-0.15, -0.1) is 0 Å². The molecular weight excluding hydrogens is 288 g/mol. The van der Waals surface area contributed by atoms with E-state index in [4.69, 9.17) is 14.7 Å². The third-order valence-corrected chi connectivity index (χ3v) is 4.90. The van der Waals surface area contributed by atoms with Crippen LogP contribution < -0.4 is 10.2 Å². The average molecular weight is 312 g/mol. The van der Waals surface area contributed by atoms with Crippen molar-refractivity contribution in [2.45, 2.75) is 32.2 Å². The number of hydrogen-bond donors (Lipinski definition) is 1. The highest BCUT2D eigenvalue weighted by molar-refractivity contribution is 5.80. The fourth-order valence-electron chi connectivity index (χ4n) is 3.61. The molecule has 2 heterocycles. The second-order valence-electron chi connectivity index (χ2n) is 6.74. The molecule has 1 saturated carbocycles. The van der Waals surface area contributed by atoms with Gasteiger partial charge >= 0.3 is 0 Å². The fourth-order valence-corrected chi connectivity index (χ4v) is 3.61. The van der Waals surface area contributed by atoms with Crippen molar-refractivity contribution in [3.63, 3.8) is 0 Å². The van der Waals surface area contributed by atoms with E-state index in [-0.39, 0.29) is 0 Å². The van der Waals surface area contributed by atoms with E-state index < -0.39 is 0 Å². The Morgan fingerprint density at radius 2 is 1.83 bits per heavy atom. The topological polar surface area (TPSA) is 50.3 Å². The molecule has 2 unspecified atom stereocenters. The molecule has 1 aliphatic carbocycles. The van der Waals surface area contributed by atoms with Gasteiger partial charge in [0.05, 0.1) is 24.2 Å². The highest BCUT2D eigenvalue weighted by Gasteiger charge is 2.25. The van der Waals surface area contributed by atoms with E-state index in [1.807, 2.05) is 24.3 Å². The Kier molecular flexibility index (Phi) is 4.04. The molecule has 122 valence electrons. The van der Waals surface area contributed by atoms with Crippen LogP contribution in [0.3, 0.4) is 0 Å². The summed E-state index contributed by atoms with van der Waals surface area (Å²) in [5.41, 5.74) is 1.91. The summed E-state index contributed by atoms with van der Waals surface area (Å²) < 4.78 is 5.49. The van der Waals surface area contributed by atoms with Crippen molar-refractivity contribution < 1.29 is 4.74 Å². The molecule has 2 atom stereocenters. The van der Waals surface area contributed by atoms with E-state index in [1.165, 1.54) is 19.3 Å². The average Bonchev–Trinajstić information content (AvgIpc) is 3.00. The van der Waals surface area contributed by atoms with E-state index in [0.717, 1.165) is 54.9 Å². The summed E-state index contributed by atoms with van der Waals surface area (Å²) in [7, 11) is 0. The van der Waals surface area contributed by atoms with Crippen molar-refractivity contribution in [1.29, 1.82) is 0 Å². The summed E-state index contributed by atoms with van der Waals surface area (Å²) in [6.45, 7) is 5.60. The summed E-state index contributed by atoms with van der Waals surface area (Å²) in [4.78, 5) is 12.1. The van der Waals surface area contributed by atoms with Crippen LogP contribution in [-0.4, -0.2) is 42.3 Å². The van der Waals surface area contributed by atoms with Crippen LogP contribution in [0.5, 0.6) is 0 Å². The molecule has 4 rings (SSSR count). The zero-order chi connectivity index (χ0) is 15.6. The molecule has 1 aromatic heterocycles. The van der Waals surface area contributed by atoms with Crippen LogP contribution in [0.1, 0.15) is 26.2 Å². The number of para-hydroxylation sites is 2. The van der Waals surface area contributed by atoms with Gasteiger partial charge in [0.1, 0.15) is 0 Å². The van der Waals surface area contributed by atoms with Crippen LogP contribution in [0.15, 0.2) is 24.3 Å². The molecule has 0 radical (unpaired) electrons. The van der Waals surface area contributed by atoms with E-state index in [0.29, 0.717) is 6.04 Å². The summed E-state index contributed by atoms with van der Waals surface area (Å²) in [6.07, 6.45) is 3.74. The molecule has 0 spiro atoms. The Morgan fingerprint density at radius 1 is 1.09 bits per heavy atom. The maximum Gasteiger partial charge on any atom is 0.172 e. The van der Waals surface area contributed by atoms with Crippen molar-refractivity contribution in [2.24, 2.45) is 5.92 Å². The van der Waals surface area contributed by atoms with Gasteiger partial charge in [-0.25, -0.2) is 9.97 Å². The van der Waals surface area contributed by atoms with Crippen molar-refractivity contribution in [3.8, 4) is 0 Å². The molecule has 1 saturated heterocycles. The zero-order valence-electron chi connectivity index (χ0n) is 13.7. The fraction of sp³-hybridized carbons (Fsp3) is 0.556. The Morgan fingerprint density at radius 3 is 2.52 bits per heavy atom. The number of rotatable bonds is 3. The van der Waals surface area contributed by atoms with Gasteiger partial charge in [0, 0.05) is 19.1 Å². The number of benzene rings is 1. The molecule has 0 bridgehead atoms. The van der Waals surface area contributed by atoms with E-state index in [1.54, 1.807) is 0 Å². The zero-order valence-corrected chi connectivity index (χ0v) is 13.7. The van der Waals surface area contributed by atoms with Crippen LogP contribution in [0.2, 0.25) is 0 Å². The lowest BCUT2D eigenvalue weighted by Crippen LogP contribution is -2.37. The third-order valence-electron chi connectivity index (χ3n) is 4.90. The van der Waals surface area contributed by atoms with Gasteiger partial charge in [-0.05, 0) is 37.3 Å². The Balaban J connectivity index is 1.69. The summed E-state index contributed by atoms with van der Waals surface area (Å²) in [6, 6.07) is 8.63. The maximum absolute atomic E-state index is 5.49. The van der Waals surface area contributed by atoms with E-state index >= 15 is 0 Å². The minimum atomic E-state index is 0.514. The number of fused-ring (bicyclic) bond motifs is 1. The smallest absolute Gasteiger partial charge is 0.172 e. The number of hydrogen-bond acceptors (Lipinski definition) is 5. The van der Waals surface area contributed by atoms with Crippen molar-refractivity contribution in [2.75, 3.05) is 36.5 Å². The molecule has 0 amide bonds. The first-order valence-electron chi connectivity index (χ1n) is 8.65. The molecule has 2 aromatic rings. The summed E-state index contributed by atoms with van der Waals surface area (Å²) >= 11 is 0. The Bertz CT molecular complexity index is 684. The molecule has 2 fully saturated rings. The standard InChI is InChI=1S/C18H24N4O/c1-13-6-7-14(12-13)19-17-18(22-8-10-23-11-9-22)21-16-5-3-2-4-15(16)20-17/h2-5,13-14H,6-12H2,1H3,(H,19,20). The van der Waals surface area contributed by atoms with E-state index in [2.05, 4.69) is 17.1 Å². The minimum Gasteiger partial charge on any atom is -0.378 e. The second kappa shape index (κ2) is 6.32. The molecule has 2 aliphatic rings. The SMILES string of the molecule is CC1CCC(Nc2nc3ccccc3nc2N2CCOCC2)C1. The number of morpholine rings is 1. The third kappa shape index (κ3) is 3.11.